The fourth-order valence-electron chi connectivity index (χ4n) is 3.19. The third-order valence-corrected chi connectivity index (χ3v) is 7.06. The molecule has 0 aliphatic carbocycles. The molecule has 1 saturated heterocycles. The first-order valence-corrected chi connectivity index (χ1v) is 12.7. The monoisotopic (exact) mass is 541 g/mol. The van der Waals surface area contributed by atoms with Gasteiger partial charge in [0, 0.05) is 34.6 Å². The highest BCUT2D eigenvalue weighted by molar-refractivity contribution is 7.86. The second-order valence-corrected chi connectivity index (χ2v) is 10.0. The van der Waals surface area contributed by atoms with Crippen molar-refractivity contribution < 1.29 is 18.5 Å². The second-order valence-electron chi connectivity index (χ2n) is 7.23. The average molecular weight is 543 g/mol. The quantitative estimate of drug-likeness (QED) is 0.470. The lowest BCUT2D eigenvalue weighted by atomic mass is 10.1. The molecule has 1 aromatic carbocycles. The molecule has 0 radical (unpaired) electrons. The normalized spacial score (nSPS) is 17.1. The van der Waals surface area contributed by atoms with Crippen LogP contribution in [0, 0.1) is 0 Å². The Hall–Kier alpha value is -2.66. The largest absolute Gasteiger partial charge is 0.471 e. The highest BCUT2D eigenvalue weighted by atomic mass is 35.5. The van der Waals surface area contributed by atoms with Gasteiger partial charge in [-0.15, -0.1) is 5.10 Å². The van der Waals surface area contributed by atoms with Crippen LogP contribution in [0.2, 0.25) is 15.1 Å². The van der Waals surface area contributed by atoms with E-state index in [0.29, 0.717) is 18.1 Å². The number of rotatable bonds is 7. The van der Waals surface area contributed by atoms with E-state index in [-0.39, 0.29) is 49.8 Å². The van der Waals surface area contributed by atoms with Crippen LogP contribution in [0.5, 0.6) is 5.88 Å². The van der Waals surface area contributed by atoms with Crippen LogP contribution in [0.4, 0.5) is 5.69 Å². The minimum atomic E-state index is -0.919. The molecule has 0 spiro atoms. The molecule has 178 valence electrons. The Morgan fingerprint density at radius 3 is 2.62 bits per heavy atom. The highest BCUT2D eigenvalue weighted by Gasteiger charge is 2.30. The number of anilines is 1. The number of halogens is 3. The van der Waals surface area contributed by atoms with E-state index >= 15 is 0 Å². The zero-order valence-electron chi connectivity index (χ0n) is 17.7. The van der Waals surface area contributed by atoms with Gasteiger partial charge < -0.3 is 15.4 Å². The Balaban J connectivity index is 1.72. The molecular weight excluding hydrogens is 525 g/mol. The number of ether oxygens (including phenoxy) is 1. The van der Waals surface area contributed by atoms with Gasteiger partial charge in [0.25, 0.3) is 11.8 Å². The van der Waals surface area contributed by atoms with E-state index < -0.39 is 22.6 Å². The molecule has 0 unspecified atom stereocenters. The maximum Gasteiger partial charge on any atom is 0.274 e. The lowest BCUT2D eigenvalue weighted by Gasteiger charge is -2.24. The van der Waals surface area contributed by atoms with Crippen molar-refractivity contribution in [2.75, 3.05) is 23.4 Å². The number of aromatic nitrogens is 3. The van der Waals surface area contributed by atoms with Crippen LogP contribution in [0.25, 0.3) is 5.82 Å². The zero-order chi connectivity index (χ0) is 24.4. The molecule has 0 atom stereocenters. The van der Waals surface area contributed by atoms with Crippen molar-refractivity contribution in [2.24, 2.45) is 0 Å². The first kappa shape index (κ1) is 24.5. The van der Waals surface area contributed by atoms with Crippen molar-refractivity contribution in [3.63, 3.8) is 0 Å². The van der Waals surface area contributed by atoms with Gasteiger partial charge in [-0.05, 0) is 31.2 Å². The molecule has 4 rings (SSSR count). The molecule has 34 heavy (non-hydrogen) atoms. The predicted molar refractivity (Wildman–Crippen MR) is 131 cm³/mol. The van der Waals surface area contributed by atoms with E-state index in [2.05, 4.69) is 20.7 Å². The number of carbonyl (C=O) groups is 2. The second kappa shape index (κ2) is 10.3. The molecule has 1 fully saturated rings. The number of pyridine rings is 1. The van der Waals surface area contributed by atoms with Crippen molar-refractivity contribution in [1.82, 2.24) is 20.1 Å². The minimum absolute atomic E-state index is 0.0314. The number of nitrogens with zero attached hydrogens (tertiary/aromatic N) is 3. The van der Waals surface area contributed by atoms with Gasteiger partial charge in [-0.2, -0.15) is 0 Å². The van der Waals surface area contributed by atoms with E-state index in [1.807, 2.05) is 0 Å². The number of nitrogens with one attached hydrogen (secondary N) is 2. The summed E-state index contributed by atoms with van der Waals surface area (Å²) < 4.78 is 18.4. The summed E-state index contributed by atoms with van der Waals surface area (Å²) >= 11 is 18.7. The summed E-state index contributed by atoms with van der Waals surface area (Å²) in [4.78, 5) is 30.1. The molecule has 0 saturated carbocycles. The Bertz CT molecular complexity index is 1290. The smallest absolute Gasteiger partial charge is 0.274 e. The average Bonchev–Trinajstić information content (AvgIpc) is 3.18. The lowest BCUT2D eigenvalue weighted by Crippen LogP contribution is -2.41. The van der Waals surface area contributed by atoms with Crippen molar-refractivity contribution in [1.29, 1.82) is 0 Å². The van der Waals surface area contributed by atoms with Crippen LogP contribution in [0.15, 0.2) is 36.5 Å². The van der Waals surface area contributed by atoms with Gasteiger partial charge in [0.05, 0.1) is 32.8 Å². The molecule has 3 aromatic rings. The Labute approximate surface area is 212 Å². The van der Waals surface area contributed by atoms with E-state index in [1.54, 1.807) is 19.1 Å². The molecule has 13 heteroatoms. The molecule has 2 aromatic heterocycles. The molecule has 9 nitrogen and oxygen atoms in total. The summed E-state index contributed by atoms with van der Waals surface area (Å²) in [7, 11) is -0.919. The SMILES string of the molecule is CCNC(=O)c1cc(Cl)cc(Cl)c1NC(=O)c1cc(OC2CS(=O)C2)nn1-c1ncccc1Cl. The van der Waals surface area contributed by atoms with Crippen LogP contribution in [-0.4, -0.2) is 54.9 Å². The van der Waals surface area contributed by atoms with Crippen molar-refractivity contribution in [3.05, 3.63) is 62.9 Å². The van der Waals surface area contributed by atoms with Crippen molar-refractivity contribution in [3.8, 4) is 11.7 Å². The van der Waals surface area contributed by atoms with Gasteiger partial charge >= 0.3 is 0 Å². The fraction of sp³-hybridized carbons (Fsp3) is 0.238. The van der Waals surface area contributed by atoms with Gasteiger partial charge in [-0.1, -0.05) is 34.8 Å². The molecule has 1 aliphatic rings. The minimum Gasteiger partial charge on any atom is -0.471 e. The van der Waals surface area contributed by atoms with Crippen LogP contribution in [0.1, 0.15) is 27.8 Å². The summed E-state index contributed by atoms with van der Waals surface area (Å²) in [6.45, 7) is 2.13. The van der Waals surface area contributed by atoms with Crippen LogP contribution in [0.3, 0.4) is 0 Å². The van der Waals surface area contributed by atoms with Gasteiger partial charge in [-0.3, -0.25) is 13.8 Å². The standard InChI is InChI=1S/C21H18Cl3N5O4S/c1-2-25-20(30)13-6-11(22)7-15(24)18(13)27-21(31)16-8-17(33-12-9-34(32)10-12)28-29(16)19-14(23)4-3-5-26-19/h3-8,12H,2,9-10H2,1H3,(H,25,30)(H,27,31). The van der Waals surface area contributed by atoms with Gasteiger partial charge in [0.15, 0.2) is 5.82 Å². The Morgan fingerprint density at radius 1 is 1.18 bits per heavy atom. The summed E-state index contributed by atoms with van der Waals surface area (Å²) in [5.74, 6) is 0.0121. The van der Waals surface area contributed by atoms with E-state index in [4.69, 9.17) is 39.5 Å². The van der Waals surface area contributed by atoms with Crippen LogP contribution >= 0.6 is 34.8 Å². The van der Waals surface area contributed by atoms with Crippen LogP contribution < -0.4 is 15.4 Å². The number of benzene rings is 1. The highest BCUT2D eigenvalue weighted by Crippen LogP contribution is 2.32. The molecule has 1 aliphatic heterocycles. The molecule has 2 amide bonds. The third-order valence-electron chi connectivity index (χ3n) is 4.77. The van der Waals surface area contributed by atoms with Crippen molar-refractivity contribution in [2.45, 2.75) is 13.0 Å². The molecule has 3 heterocycles. The summed E-state index contributed by atoms with van der Waals surface area (Å²) in [5.41, 5.74) is 0.214. The Kier molecular flexibility index (Phi) is 7.42. The van der Waals surface area contributed by atoms with Gasteiger partial charge in [0.2, 0.25) is 5.88 Å². The number of hydrogen-bond acceptors (Lipinski definition) is 6. The van der Waals surface area contributed by atoms with Gasteiger partial charge in [-0.25, -0.2) is 9.67 Å². The summed E-state index contributed by atoms with van der Waals surface area (Å²) in [5, 5.41) is 10.2. The van der Waals surface area contributed by atoms with Crippen molar-refractivity contribution >= 4 is 63.1 Å². The van der Waals surface area contributed by atoms with E-state index in [0.717, 1.165) is 0 Å². The fourth-order valence-corrected chi connectivity index (χ4v) is 4.80. The molecule has 2 N–H and O–H groups in total. The topological polar surface area (TPSA) is 115 Å². The van der Waals surface area contributed by atoms with E-state index in [1.165, 1.54) is 29.1 Å². The first-order valence-electron chi connectivity index (χ1n) is 10.1. The number of carbonyl (C=O) groups excluding carboxylic acids is 2. The van der Waals surface area contributed by atoms with E-state index in [9.17, 15) is 13.8 Å². The van der Waals surface area contributed by atoms with Gasteiger partial charge in [0.1, 0.15) is 11.8 Å². The maximum atomic E-state index is 13.4. The maximum absolute atomic E-state index is 13.4. The molecular formula is C21H18Cl3N5O4S. The first-order chi connectivity index (χ1) is 16.3. The Morgan fingerprint density at radius 2 is 1.94 bits per heavy atom. The summed E-state index contributed by atoms with van der Waals surface area (Å²) in [6.07, 6.45) is 1.23. The zero-order valence-corrected chi connectivity index (χ0v) is 20.8. The lowest BCUT2D eigenvalue weighted by molar-refractivity contribution is 0.0956. The number of amides is 2. The third kappa shape index (κ3) is 5.20. The number of hydrogen-bond donors (Lipinski definition) is 2. The predicted octanol–water partition coefficient (Wildman–Crippen LogP) is 3.74. The van der Waals surface area contributed by atoms with Crippen LogP contribution in [-0.2, 0) is 10.8 Å². The molecule has 0 bridgehead atoms. The summed E-state index contributed by atoms with van der Waals surface area (Å²) in [6, 6.07) is 7.48.